The van der Waals surface area contributed by atoms with Gasteiger partial charge in [-0.05, 0) is 65.0 Å². The largest absolute Gasteiger partial charge is 0.451 e. The lowest BCUT2D eigenvalue weighted by Crippen LogP contribution is -2.02. The van der Waals surface area contributed by atoms with Crippen molar-refractivity contribution in [2.45, 2.75) is 0 Å². The summed E-state index contributed by atoms with van der Waals surface area (Å²) in [6.07, 6.45) is 0. The van der Waals surface area contributed by atoms with E-state index in [4.69, 9.17) is 14.4 Å². The molecule has 8 aromatic carbocycles. The van der Waals surface area contributed by atoms with Crippen molar-refractivity contribution >= 4 is 76.5 Å². The molecule has 0 atom stereocenters. The summed E-state index contributed by atoms with van der Waals surface area (Å²) < 4.78 is 11.3. The van der Waals surface area contributed by atoms with E-state index in [9.17, 15) is 0 Å². The Bertz CT molecular complexity index is 3480. The van der Waals surface area contributed by atoms with E-state index < -0.39 is 0 Å². The quantitative estimate of drug-likeness (QED) is 0.183. The molecule has 0 aliphatic rings. The SMILES string of the molecule is c1ccc(-c2nc(-n3c4ccccc4c4cc(-c5ccc6c7ccccc7n(-c7ccccc7)c6c5)ccc43)nc3c2oc2c4ccccc4ccc32)cc1. The molecule has 0 unspecified atom stereocenters. The molecule has 0 fully saturated rings. The lowest BCUT2D eigenvalue weighted by Gasteiger charge is -2.10. The molecule has 12 aromatic rings. The number of aromatic nitrogens is 4. The standard InChI is InChI=1S/C50H30N4O/c1-3-14-32(15-4-1)46-49-47(40-27-23-31-13-7-8-18-36(31)48(40)55-49)52-50(51-46)54-43-22-12-10-20-38(43)41-29-33(25-28-44(41)54)34-24-26-39-37-19-9-11-21-42(37)53(45(39)30-34)35-16-5-2-6-17-35/h1-30H. The zero-order valence-electron chi connectivity index (χ0n) is 29.5. The van der Waals surface area contributed by atoms with Gasteiger partial charge in [0.1, 0.15) is 16.8 Å². The highest BCUT2D eigenvalue weighted by molar-refractivity contribution is 6.16. The van der Waals surface area contributed by atoms with Gasteiger partial charge < -0.3 is 8.98 Å². The number of para-hydroxylation sites is 3. The maximum Gasteiger partial charge on any atom is 0.236 e. The number of fused-ring (bicyclic) bond motifs is 11. The van der Waals surface area contributed by atoms with Crippen LogP contribution < -0.4 is 0 Å². The second kappa shape index (κ2) is 11.5. The topological polar surface area (TPSA) is 48.8 Å². The zero-order valence-corrected chi connectivity index (χ0v) is 29.5. The van der Waals surface area contributed by atoms with E-state index in [0.717, 1.165) is 77.1 Å². The highest BCUT2D eigenvalue weighted by atomic mass is 16.3. The molecule has 0 amide bonds. The van der Waals surface area contributed by atoms with Crippen LogP contribution in [0.3, 0.4) is 0 Å². The fourth-order valence-corrected chi connectivity index (χ4v) is 8.62. The second-order valence-corrected chi connectivity index (χ2v) is 14.2. The van der Waals surface area contributed by atoms with Crippen LogP contribution in [0.5, 0.6) is 0 Å². The Morgan fingerprint density at radius 2 is 0.964 bits per heavy atom. The highest BCUT2D eigenvalue weighted by Gasteiger charge is 2.22. The van der Waals surface area contributed by atoms with Crippen molar-refractivity contribution in [1.82, 2.24) is 19.1 Å². The van der Waals surface area contributed by atoms with Crippen LogP contribution in [0, 0.1) is 0 Å². The van der Waals surface area contributed by atoms with E-state index in [2.05, 4.69) is 173 Å². The Balaban J connectivity index is 1.10. The van der Waals surface area contributed by atoms with Crippen molar-refractivity contribution in [2.24, 2.45) is 0 Å². The van der Waals surface area contributed by atoms with Crippen molar-refractivity contribution in [1.29, 1.82) is 0 Å². The molecule has 4 heterocycles. The summed E-state index contributed by atoms with van der Waals surface area (Å²) in [5, 5.41) is 7.93. The summed E-state index contributed by atoms with van der Waals surface area (Å²) >= 11 is 0. The number of hydrogen-bond donors (Lipinski definition) is 0. The molecule has 0 aliphatic carbocycles. The third-order valence-corrected chi connectivity index (χ3v) is 11.1. The monoisotopic (exact) mass is 702 g/mol. The minimum Gasteiger partial charge on any atom is -0.451 e. The molecular weight excluding hydrogens is 673 g/mol. The van der Waals surface area contributed by atoms with Gasteiger partial charge in [-0.1, -0.05) is 133 Å². The van der Waals surface area contributed by atoms with Crippen LogP contribution >= 0.6 is 0 Å². The van der Waals surface area contributed by atoms with Gasteiger partial charge in [0.2, 0.25) is 5.95 Å². The molecule has 0 radical (unpaired) electrons. The number of nitrogens with zero attached hydrogens (tertiary/aromatic N) is 4. The zero-order chi connectivity index (χ0) is 36.0. The van der Waals surface area contributed by atoms with E-state index in [0.29, 0.717) is 11.5 Å². The van der Waals surface area contributed by atoms with E-state index >= 15 is 0 Å². The van der Waals surface area contributed by atoms with E-state index in [1.54, 1.807) is 0 Å². The highest BCUT2D eigenvalue weighted by Crippen LogP contribution is 2.41. The average Bonchev–Trinajstić information content (AvgIpc) is 3.91. The van der Waals surface area contributed by atoms with Gasteiger partial charge in [0.05, 0.1) is 22.1 Å². The van der Waals surface area contributed by atoms with Crippen LogP contribution in [-0.2, 0) is 0 Å². The molecule has 4 aromatic heterocycles. The number of benzene rings is 8. The smallest absolute Gasteiger partial charge is 0.236 e. The third-order valence-electron chi connectivity index (χ3n) is 11.1. The first kappa shape index (κ1) is 30.0. The average molecular weight is 703 g/mol. The molecule has 0 spiro atoms. The van der Waals surface area contributed by atoms with Gasteiger partial charge in [0.15, 0.2) is 5.58 Å². The molecular formula is C50H30N4O. The number of rotatable bonds is 4. The van der Waals surface area contributed by atoms with Gasteiger partial charge in [-0.25, -0.2) is 9.97 Å². The van der Waals surface area contributed by atoms with Gasteiger partial charge in [-0.3, -0.25) is 4.57 Å². The minimum absolute atomic E-state index is 0.606. The van der Waals surface area contributed by atoms with Crippen molar-refractivity contribution < 1.29 is 4.42 Å². The fraction of sp³-hybridized carbons (Fsp3) is 0. The third kappa shape index (κ3) is 4.41. The first-order chi connectivity index (χ1) is 27.3. The van der Waals surface area contributed by atoms with Gasteiger partial charge in [0.25, 0.3) is 0 Å². The van der Waals surface area contributed by atoms with Crippen LogP contribution in [-0.4, -0.2) is 19.1 Å². The van der Waals surface area contributed by atoms with Crippen LogP contribution in [0.2, 0.25) is 0 Å². The summed E-state index contributed by atoms with van der Waals surface area (Å²) in [4.78, 5) is 10.6. The van der Waals surface area contributed by atoms with Crippen LogP contribution in [0.1, 0.15) is 0 Å². The Hall–Kier alpha value is -7.50. The van der Waals surface area contributed by atoms with Gasteiger partial charge in [0, 0.05) is 43.6 Å². The molecule has 0 saturated carbocycles. The molecule has 0 N–H and O–H groups in total. The first-order valence-electron chi connectivity index (χ1n) is 18.6. The van der Waals surface area contributed by atoms with Crippen molar-refractivity contribution in [3.8, 4) is 34.0 Å². The summed E-state index contributed by atoms with van der Waals surface area (Å²) in [6, 6.07) is 64.4. The van der Waals surface area contributed by atoms with E-state index in [1.807, 2.05) is 18.2 Å². The molecule has 0 saturated heterocycles. The Kier molecular flexibility index (Phi) is 6.27. The van der Waals surface area contributed by atoms with Crippen LogP contribution in [0.15, 0.2) is 186 Å². The lowest BCUT2D eigenvalue weighted by molar-refractivity contribution is 0.670. The van der Waals surface area contributed by atoms with Gasteiger partial charge in [-0.15, -0.1) is 0 Å². The van der Waals surface area contributed by atoms with Gasteiger partial charge in [-0.2, -0.15) is 0 Å². The van der Waals surface area contributed by atoms with E-state index in [1.165, 1.54) is 21.8 Å². The Labute approximate surface area is 315 Å². The Morgan fingerprint density at radius 3 is 1.78 bits per heavy atom. The van der Waals surface area contributed by atoms with Crippen molar-refractivity contribution in [2.75, 3.05) is 0 Å². The summed E-state index contributed by atoms with van der Waals surface area (Å²) in [7, 11) is 0. The Morgan fingerprint density at radius 1 is 0.364 bits per heavy atom. The molecule has 5 heteroatoms. The molecule has 12 rings (SSSR count). The van der Waals surface area contributed by atoms with Crippen molar-refractivity contribution in [3.63, 3.8) is 0 Å². The first-order valence-corrected chi connectivity index (χ1v) is 18.6. The van der Waals surface area contributed by atoms with Crippen LogP contribution in [0.4, 0.5) is 0 Å². The molecule has 256 valence electrons. The molecule has 5 nitrogen and oxygen atoms in total. The van der Waals surface area contributed by atoms with E-state index in [-0.39, 0.29) is 0 Å². The number of hydrogen-bond acceptors (Lipinski definition) is 3. The predicted octanol–water partition coefficient (Wildman–Crippen LogP) is 13.1. The molecule has 0 aliphatic heterocycles. The fourth-order valence-electron chi connectivity index (χ4n) is 8.62. The summed E-state index contributed by atoms with van der Waals surface area (Å²) in [5.74, 6) is 0.606. The lowest BCUT2D eigenvalue weighted by atomic mass is 10.0. The molecule has 0 bridgehead atoms. The predicted molar refractivity (Wildman–Crippen MR) is 226 cm³/mol. The van der Waals surface area contributed by atoms with Gasteiger partial charge >= 0.3 is 0 Å². The van der Waals surface area contributed by atoms with Crippen molar-refractivity contribution in [3.05, 3.63) is 182 Å². The maximum atomic E-state index is 6.71. The number of furan rings is 1. The summed E-state index contributed by atoms with van der Waals surface area (Å²) in [6.45, 7) is 0. The normalized spacial score (nSPS) is 12.0. The minimum atomic E-state index is 0.606. The summed E-state index contributed by atoms with van der Waals surface area (Å²) in [5.41, 5.74) is 12.0. The maximum absolute atomic E-state index is 6.71. The second-order valence-electron chi connectivity index (χ2n) is 14.2. The van der Waals surface area contributed by atoms with Crippen LogP contribution in [0.25, 0.3) is 110 Å². The molecule has 55 heavy (non-hydrogen) atoms.